The van der Waals surface area contributed by atoms with Crippen molar-refractivity contribution in [2.24, 2.45) is 5.92 Å². The smallest absolute Gasteiger partial charge is 1.00 e. The van der Waals surface area contributed by atoms with Crippen molar-refractivity contribution >= 4 is 11.6 Å². The van der Waals surface area contributed by atoms with Crippen molar-refractivity contribution in [2.45, 2.75) is 38.0 Å². The largest absolute Gasteiger partial charge is 3.00 e. The number of hydrogen-bond donors (Lipinski definition) is 0. The first-order chi connectivity index (χ1) is 11.8. The second-order valence-corrected chi connectivity index (χ2v) is 7.56. The number of rotatable bonds is 4. The normalized spacial score (nSPS) is 21.7. The quantitative estimate of drug-likeness (QED) is 0.564. The van der Waals surface area contributed by atoms with Gasteiger partial charge in [-0.1, -0.05) is 79.1 Å². The molecule has 2 aromatic rings. The van der Waals surface area contributed by atoms with Gasteiger partial charge in [0, 0.05) is 5.92 Å². The molecule has 0 aromatic heterocycles. The van der Waals surface area contributed by atoms with Crippen LogP contribution in [0.4, 0.5) is 0 Å². The van der Waals surface area contributed by atoms with Gasteiger partial charge in [0.25, 0.3) is 0 Å². The number of halogens is 2. The molecule has 5 rings (SSSR count). The van der Waals surface area contributed by atoms with Crippen LogP contribution in [-0.4, -0.2) is 0 Å². The second-order valence-electron chi connectivity index (χ2n) is 7.56. The van der Waals surface area contributed by atoms with Crippen LogP contribution in [0.15, 0.2) is 60.2 Å². The molecule has 3 aliphatic carbocycles. The fourth-order valence-electron chi connectivity index (χ4n) is 4.87. The Bertz CT molecular complexity index is 868. The minimum Gasteiger partial charge on any atom is -1.00 e. The van der Waals surface area contributed by atoms with Crippen LogP contribution < -0.4 is 24.8 Å². The standard InChI is InChI=1S/C24H23.2ClH.Zr/c1-16(14-18-11-10-17-6-2-3-7-19(17)18)15-24-21-9-5-4-8-20(21)22-12-13-23(22)24;;;/h2-11,14,16,18,24H,12-13,15H2,1H3;2*1H;/q-1;;;+3/p-2. The molecular formula is C24H23Cl2Zr. The monoisotopic (exact) mass is 471 g/mol. The Morgan fingerprint density at radius 1 is 0.963 bits per heavy atom. The van der Waals surface area contributed by atoms with E-state index < -0.39 is 0 Å². The molecule has 0 heterocycles. The van der Waals surface area contributed by atoms with E-state index >= 15 is 0 Å². The minimum absolute atomic E-state index is 0. The zero-order valence-electron chi connectivity index (χ0n) is 15.5. The maximum atomic E-state index is 2.56. The summed E-state index contributed by atoms with van der Waals surface area (Å²) in [7, 11) is 0. The molecule has 3 aliphatic rings. The summed E-state index contributed by atoms with van der Waals surface area (Å²) in [5.74, 6) is 1.77. The Hall–Kier alpha value is -0.617. The van der Waals surface area contributed by atoms with Gasteiger partial charge in [-0.2, -0.15) is 5.92 Å². The van der Waals surface area contributed by atoms with Crippen molar-refractivity contribution < 1.29 is 51.0 Å². The topological polar surface area (TPSA) is 0 Å². The van der Waals surface area contributed by atoms with E-state index in [4.69, 9.17) is 0 Å². The summed E-state index contributed by atoms with van der Waals surface area (Å²) in [6, 6.07) is 17.9. The van der Waals surface area contributed by atoms with E-state index in [0.717, 1.165) is 0 Å². The molecule has 3 atom stereocenters. The summed E-state index contributed by atoms with van der Waals surface area (Å²) in [6.07, 6.45) is 11.1. The molecule has 137 valence electrons. The Balaban J connectivity index is 0.000000871. The summed E-state index contributed by atoms with van der Waals surface area (Å²) in [5.41, 5.74) is 9.39. The number of hydrogen-bond acceptors (Lipinski definition) is 0. The van der Waals surface area contributed by atoms with Gasteiger partial charge in [0.2, 0.25) is 0 Å². The van der Waals surface area contributed by atoms with Crippen molar-refractivity contribution in [3.8, 4) is 0 Å². The average molecular weight is 474 g/mol. The van der Waals surface area contributed by atoms with E-state index in [1.807, 2.05) is 0 Å². The Kier molecular flexibility index (Phi) is 7.77. The van der Waals surface area contributed by atoms with Crippen LogP contribution in [0.5, 0.6) is 0 Å². The predicted octanol–water partition coefficient (Wildman–Crippen LogP) is 0.378. The molecule has 3 unspecified atom stereocenters. The van der Waals surface area contributed by atoms with Crippen LogP contribution in [-0.2, 0) is 26.2 Å². The van der Waals surface area contributed by atoms with Gasteiger partial charge in [0.1, 0.15) is 0 Å². The third-order valence-electron chi connectivity index (χ3n) is 6.10. The van der Waals surface area contributed by atoms with E-state index in [-0.39, 0.29) is 51.0 Å². The van der Waals surface area contributed by atoms with Gasteiger partial charge in [-0.05, 0) is 35.1 Å². The summed E-state index contributed by atoms with van der Waals surface area (Å²) < 4.78 is 0. The summed E-state index contributed by atoms with van der Waals surface area (Å²) >= 11 is 0. The Morgan fingerprint density at radius 3 is 2.41 bits per heavy atom. The first-order valence-electron chi connectivity index (χ1n) is 9.24. The minimum atomic E-state index is 0. The van der Waals surface area contributed by atoms with Gasteiger partial charge in [0.15, 0.2) is 0 Å². The molecule has 0 bridgehead atoms. The number of benzene rings is 2. The molecule has 0 aliphatic heterocycles. The van der Waals surface area contributed by atoms with Gasteiger partial charge in [-0.3, -0.25) is 0 Å². The zero-order chi connectivity index (χ0) is 16.1. The average Bonchev–Trinajstić information content (AvgIpc) is 3.05. The number of fused-ring (bicyclic) bond motifs is 3. The molecule has 3 heteroatoms. The van der Waals surface area contributed by atoms with Crippen LogP contribution in [0.25, 0.3) is 11.6 Å². The molecule has 1 radical (unpaired) electrons. The van der Waals surface area contributed by atoms with Crippen LogP contribution in [0.1, 0.15) is 60.3 Å². The first kappa shape index (κ1) is 22.7. The molecule has 0 spiro atoms. The van der Waals surface area contributed by atoms with Gasteiger partial charge in [-0.25, -0.2) is 0 Å². The molecular weight excluding hydrogens is 450 g/mol. The van der Waals surface area contributed by atoms with Crippen molar-refractivity contribution in [1.82, 2.24) is 0 Å². The molecule has 0 saturated carbocycles. The predicted molar refractivity (Wildman–Crippen MR) is 102 cm³/mol. The van der Waals surface area contributed by atoms with Crippen LogP contribution in [0.2, 0.25) is 0 Å². The molecule has 0 nitrogen and oxygen atoms in total. The molecule has 0 fully saturated rings. The van der Waals surface area contributed by atoms with Gasteiger partial charge in [0.05, 0.1) is 0 Å². The summed E-state index contributed by atoms with van der Waals surface area (Å²) in [6.45, 7) is 2.40. The molecule has 0 amide bonds. The van der Waals surface area contributed by atoms with Crippen LogP contribution in [0, 0.1) is 12.3 Å². The Labute approximate surface area is 194 Å². The first-order valence-corrected chi connectivity index (χ1v) is 9.24. The summed E-state index contributed by atoms with van der Waals surface area (Å²) in [5, 5.41) is 0. The third kappa shape index (κ3) is 3.94. The molecule has 2 aromatic carbocycles. The van der Waals surface area contributed by atoms with E-state index in [1.165, 1.54) is 30.4 Å². The van der Waals surface area contributed by atoms with Gasteiger partial charge >= 0.3 is 26.2 Å². The van der Waals surface area contributed by atoms with Crippen molar-refractivity contribution in [2.75, 3.05) is 0 Å². The molecule has 0 saturated heterocycles. The fourth-order valence-corrected chi connectivity index (χ4v) is 4.87. The SMILES string of the molecule is CC([CH-]C1C=Cc2ccccc21)CC1C2=C(CC2)c2ccccc21.[Cl-].[Cl-].[Zr+3]. The van der Waals surface area contributed by atoms with E-state index in [9.17, 15) is 0 Å². The fraction of sp³-hybridized carbons (Fsp3) is 0.292. The molecule has 27 heavy (non-hydrogen) atoms. The second kappa shape index (κ2) is 9.25. The molecule has 0 N–H and O–H groups in total. The van der Waals surface area contributed by atoms with E-state index in [1.54, 1.807) is 22.3 Å². The zero-order valence-corrected chi connectivity index (χ0v) is 19.4. The van der Waals surface area contributed by atoms with Crippen molar-refractivity contribution in [3.05, 3.63) is 88.9 Å². The van der Waals surface area contributed by atoms with Crippen LogP contribution >= 0.6 is 0 Å². The summed E-state index contributed by atoms with van der Waals surface area (Å²) in [4.78, 5) is 0. The maximum absolute atomic E-state index is 2.56. The third-order valence-corrected chi connectivity index (χ3v) is 6.10. The van der Waals surface area contributed by atoms with Gasteiger partial charge in [-0.15, -0.1) is 12.0 Å². The Morgan fingerprint density at radius 2 is 1.67 bits per heavy atom. The van der Waals surface area contributed by atoms with E-state index in [0.29, 0.717) is 17.8 Å². The van der Waals surface area contributed by atoms with Gasteiger partial charge < -0.3 is 31.2 Å². The van der Waals surface area contributed by atoms with Crippen molar-refractivity contribution in [1.29, 1.82) is 0 Å². The van der Waals surface area contributed by atoms with Crippen molar-refractivity contribution in [3.63, 3.8) is 0 Å². The van der Waals surface area contributed by atoms with Crippen LogP contribution in [0.3, 0.4) is 0 Å². The number of allylic oxidation sites excluding steroid dienone is 3. The maximum Gasteiger partial charge on any atom is 3.00 e. The van der Waals surface area contributed by atoms with E-state index in [2.05, 4.69) is 74.0 Å².